The maximum atomic E-state index is 12.4. The summed E-state index contributed by atoms with van der Waals surface area (Å²) >= 11 is 0. The summed E-state index contributed by atoms with van der Waals surface area (Å²) in [6.07, 6.45) is 5.16. The van der Waals surface area contributed by atoms with Crippen LogP contribution in [0, 0.1) is 17.8 Å². The molecule has 0 aromatic heterocycles. The standard InChI is InChI=1S/C25H34N2O5/c28-23-15-22(19-3-1-2-4-20(19)23)25(30)27-8-10-32-12-11-31-9-7-26-16-24(29)21-14-17-5-6-18(21)13-17/h1-4,17-18,21-22,26H,5-16H2,(H,27,30). The van der Waals surface area contributed by atoms with E-state index in [4.69, 9.17) is 9.47 Å². The van der Waals surface area contributed by atoms with Gasteiger partial charge in [0, 0.05) is 31.0 Å². The lowest BCUT2D eigenvalue weighted by atomic mass is 9.85. The van der Waals surface area contributed by atoms with Crippen molar-refractivity contribution in [2.75, 3.05) is 46.1 Å². The van der Waals surface area contributed by atoms with Crippen molar-refractivity contribution in [2.24, 2.45) is 17.8 Å². The minimum atomic E-state index is -0.398. The number of hydrogen-bond donors (Lipinski definition) is 2. The third-order valence-corrected chi connectivity index (χ3v) is 7.13. The molecule has 4 rings (SSSR count). The van der Waals surface area contributed by atoms with Crippen LogP contribution in [0.5, 0.6) is 0 Å². The smallest absolute Gasteiger partial charge is 0.228 e. The normalized spacial score (nSPS) is 25.8. The summed E-state index contributed by atoms with van der Waals surface area (Å²) in [6.45, 7) is 3.37. The molecule has 1 aromatic carbocycles. The molecule has 1 aromatic rings. The van der Waals surface area contributed by atoms with Gasteiger partial charge in [0.15, 0.2) is 5.78 Å². The molecule has 2 N–H and O–H groups in total. The maximum absolute atomic E-state index is 12.4. The summed E-state index contributed by atoms with van der Waals surface area (Å²) < 4.78 is 11.0. The van der Waals surface area contributed by atoms with E-state index in [-0.39, 0.29) is 18.1 Å². The molecule has 2 fully saturated rings. The predicted molar refractivity (Wildman–Crippen MR) is 120 cm³/mol. The van der Waals surface area contributed by atoms with E-state index in [2.05, 4.69) is 10.6 Å². The van der Waals surface area contributed by atoms with Crippen LogP contribution in [0.25, 0.3) is 0 Å². The van der Waals surface area contributed by atoms with Crippen molar-refractivity contribution < 1.29 is 23.9 Å². The van der Waals surface area contributed by atoms with E-state index in [1.54, 1.807) is 6.07 Å². The van der Waals surface area contributed by atoms with Crippen LogP contribution in [0.3, 0.4) is 0 Å². The predicted octanol–water partition coefficient (Wildman–Crippen LogP) is 2.10. The molecule has 3 aliphatic rings. The number of ketones is 2. The zero-order valence-electron chi connectivity index (χ0n) is 18.6. The highest BCUT2D eigenvalue weighted by Gasteiger charge is 2.42. The van der Waals surface area contributed by atoms with Gasteiger partial charge < -0.3 is 20.1 Å². The molecule has 7 nitrogen and oxygen atoms in total. The Balaban J connectivity index is 0.976. The number of hydrogen-bond acceptors (Lipinski definition) is 6. The van der Waals surface area contributed by atoms with Crippen LogP contribution < -0.4 is 10.6 Å². The highest BCUT2D eigenvalue weighted by molar-refractivity contribution is 6.06. The van der Waals surface area contributed by atoms with Crippen molar-refractivity contribution in [1.29, 1.82) is 0 Å². The molecule has 0 spiro atoms. The quantitative estimate of drug-likeness (QED) is 0.455. The molecular weight excluding hydrogens is 408 g/mol. The lowest BCUT2D eigenvalue weighted by Crippen LogP contribution is -2.33. The summed E-state index contributed by atoms with van der Waals surface area (Å²) in [5.74, 6) is 1.60. The van der Waals surface area contributed by atoms with Gasteiger partial charge >= 0.3 is 0 Å². The molecule has 32 heavy (non-hydrogen) atoms. The van der Waals surface area contributed by atoms with Gasteiger partial charge in [-0.3, -0.25) is 14.4 Å². The van der Waals surface area contributed by atoms with Gasteiger partial charge in [-0.25, -0.2) is 0 Å². The number of ether oxygens (including phenoxy) is 2. The van der Waals surface area contributed by atoms with Crippen LogP contribution in [0.2, 0.25) is 0 Å². The molecule has 1 amide bonds. The van der Waals surface area contributed by atoms with Crippen molar-refractivity contribution >= 4 is 17.5 Å². The molecule has 0 saturated heterocycles. The molecule has 0 aliphatic heterocycles. The molecule has 174 valence electrons. The number of carbonyl (C=O) groups is 3. The number of fused-ring (bicyclic) bond motifs is 3. The number of benzene rings is 1. The summed E-state index contributed by atoms with van der Waals surface area (Å²) in [7, 11) is 0. The lowest BCUT2D eigenvalue weighted by Gasteiger charge is -2.20. The third-order valence-electron chi connectivity index (χ3n) is 7.13. The lowest BCUT2D eigenvalue weighted by molar-refractivity contribution is -0.123. The minimum absolute atomic E-state index is 0.0264. The average molecular weight is 443 g/mol. The van der Waals surface area contributed by atoms with Crippen LogP contribution in [-0.2, 0) is 19.1 Å². The van der Waals surface area contributed by atoms with Gasteiger partial charge in [0.2, 0.25) is 5.91 Å². The Morgan fingerprint density at radius 3 is 2.50 bits per heavy atom. The van der Waals surface area contributed by atoms with E-state index in [0.29, 0.717) is 69.2 Å². The Labute approximate surface area is 189 Å². The van der Waals surface area contributed by atoms with Crippen LogP contribution in [0.1, 0.15) is 53.9 Å². The number of carbonyl (C=O) groups excluding carboxylic acids is 3. The van der Waals surface area contributed by atoms with Gasteiger partial charge in [-0.1, -0.05) is 30.7 Å². The van der Waals surface area contributed by atoms with Crippen molar-refractivity contribution in [1.82, 2.24) is 10.6 Å². The molecule has 2 bridgehead atoms. The van der Waals surface area contributed by atoms with E-state index in [1.165, 1.54) is 19.3 Å². The number of nitrogens with one attached hydrogen (secondary N) is 2. The highest BCUT2D eigenvalue weighted by atomic mass is 16.5. The number of rotatable bonds is 13. The monoisotopic (exact) mass is 442 g/mol. The first-order valence-electron chi connectivity index (χ1n) is 11.9. The molecule has 4 atom stereocenters. The fourth-order valence-corrected chi connectivity index (χ4v) is 5.51. The van der Waals surface area contributed by atoms with Crippen LogP contribution in [0.4, 0.5) is 0 Å². The van der Waals surface area contributed by atoms with Crippen LogP contribution in [-0.4, -0.2) is 63.5 Å². The Hall–Kier alpha value is -2.09. The summed E-state index contributed by atoms with van der Waals surface area (Å²) in [4.78, 5) is 36.7. The molecular formula is C25H34N2O5. The summed E-state index contributed by atoms with van der Waals surface area (Å²) in [6, 6.07) is 7.30. The molecule has 7 heteroatoms. The van der Waals surface area contributed by atoms with Gasteiger partial charge in [0.1, 0.15) is 5.78 Å². The fourth-order valence-electron chi connectivity index (χ4n) is 5.51. The van der Waals surface area contributed by atoms with Gasteiger partial charge in [0.05, 0.1) is 38.9 Å². The van der Waals surface area contributed by atoms with E-state index in [0.717, 1.165) is 17.9 Å². The Kier molecular flexibility index (Phi) is 8.05. The van der Waals surface area contributed by atoms with E-state index < -0.39 is 5.92 Å². The van der Waals surface area contributed by atoms with Crippen molar-refractivity contribution in [3.05, 3.63) is 35.4 Å². The molecule has 3 aliphatic carbocycles. The third kappa shape index (κ3) is 5.63. The summed E-state index contributed by atoms with van der Waals surface area (Å²) in [5.41, 5.74) is 1.47. The molecule has 4 unspecified atom stereocenters. The second-order valence-corrected chi connectivity index (χ2v) is 9.21. The first-order chi connectivity index (χ1) is 15.6. The number of amides is 1. The molecule has 0 heterocycles. The molecule has 2 saturated carbocycles. The van der Waals surface area contributed by atoms with Gasteiger partial charge in [-0.2, -0.15) is 0 Å². The van der Waals surface area contributed by atoms with Crippen LogP contribution >= 0.6 is 0 Å². The second kappa shape index (κ2) is 11.2. The van der Waals surface area contributed by atoms with E-state index in [1.807, 2.05) is 18.2 Å². The topological polar surface area (TPSA) is 93.7 Å². The van der Waals surface area contributed by atoms with E-state index >= 15 is 0 Å². The van der Waals surface area contributed by atoms with Gasteiger partial charge in [-0.15, -0.1) is 0 Å². The first-order valence-corrected chi connectivity index (χ1v) is 11.9. The Bertz CT molecular complexity index is 826. The largest absolute Gasteiger partial charge is 0.378 e. The molecule has 0 radical (unpaired) electrons. The average Bonchev–Trinajstić information content (AvgIpc) is 3.52. The zero-order chi connectivity index (χ0) is 22.3. The SMILES string of the molecule is O=C1CC(C(=O)NCCOCCOCCNCC(=O)C2CC3CCC2C3)c2ccccc21. The summed E-state index contributed by atoms with van der Waals surface area (Å²) in [5, 5.41) is 6.04. The van der Waals surface area contributed by atoms with Crippen molar-refractivity contribution in [3.63, 3.8) is 0 Å². The van der Waals surface area contributed by atoms with Gasteiger partial charge in [0.25, 0.3) is 0 Å². The Morgan fingerprint density at radius 2 is 1.75 bits per heavy atom. The highest BCUT2D eigenvalue weighted by Crippen LogP contribution is 2.48. The first kappa shape index (κ1) is 23.1. The minimum Gasteiger partial charge on any atom is -0.378 e. The second-order valence-electron chi connectivity index (χ2n) is 9.21. The fraction of sp³-hybridized carbons (Fsp3) is 0.640. The zero-order valence-corrected chi connectivity index (χ0v) is 18.6. The van der Waals surface area contributed by atoms with E-state index in [9.17, 15) is 14.4 Å². The van der Waals surface area contributed by atoms with Gasteiger partial charge in [-0.05, 0) is 36.7 Å². The maximum Gasteiger partial charge on any atom is 0.228 e. The van der Waals surface area contributed by atoms with Crippen molar-refractivity contribution in [2.45, 2.75) is 38.0 Å². The Morgan fingerprint density at radius 1 is 0.969 bits per heavy atom. The van der Waals surface area contributed by atoms with Crippen LogP contribution in [0.15, 0.2) is 24.3 Å². The van der Waals surface area contributed by atoms with Crippen molar-refractivity contribution in [3.8, 4) is 0 Å². The number of Topliss-reactive ketones (excluding diaryl/α,β-unsaturated/α-hetero) is 2.